The van der Waals surface area contributed by atoms with Gasteiger partial charge in [-0.15, -0.1) is 0 Å². The van der Waals surface area contributed by atoms with Crippen molar-refractivity contribution in [2.45, 2.75) is 26.2 Å². The summed E-state index contributed by atoms with van der Waals surface area (Å²) < 4.78 is 6.78. The minimum atomic E-state index is 0.702. The van der Waals surface area contributed by atoms with Crippen LogP contribution in [0.15, 0.2) is 0 Å². The lowest BCUT2D eigenvalue weighted by Gasteiger charge is -2.00. The Labute approximate surface area is 85.0 Å². The Hall–Kier alpha value is -1.03. The number of rotatable bonds is 5. The van der Waals surface area contributed by atoms with E-state index in [1.807, 2.05) is 7.05 Å². The molecule has 0 fully saturated rings. The van der Waals surface area contributed by atoms with Gasteiger partial charge in [-0.05, 0) is 6.42 Å². The molecule has 0 radical (unpaired) electrons. The van der Waals surface area contributed by atoms with Crippen LogP contribution in [0.25, 0.3) is 0 Å². The number of hydrogen-bond acceptors (Lipinski definition) is 3. The van der Waals surface area contributed by atoms with Crippen LogP contribution in [0.4, 0.5) is 5.82 Å². The molecule has 0 spiro atoms. The standard InChI is InChI=1S/C10H19N3O/c1-4-5-8-9(6-7-14-3)12-13(2)10(8)11/h4-7,11H2,1-3H3. The molecule has 0 aliphatic heterocycles. The molecular formula is C10H19N3O. The summed E-state index contributed by atoms with van der Waals surface area (Å²) in [6.45, 7) is 2.85. The zero-order valence-corrected chi connectivity index (χ0v) is 9.21. The van der Waals surface area contributed by atoms with Crippen LogP contribution in [0, 0.1) is 0 Å². The molecule has 0 aliphatic rings. The van der Waals surface area contributed by atoms with Gasteiger partial charge in [-0.2, -0.15) is 5.10 Å². The summed E-state index contributed by atoms with van der Waals surface area (Å²) in [7, 11) is 3.58. The first-order chi connectivity index (χ1) is 6.70. The zero-order valence-electron chi connectivity index (χ0n) is 9.21. The lowest BCUT2D eigenvalue weighted by molar-refractivity contribution is 0.201. The molecule has 14 heavy (non-hydrogen) atoms. The topological polar surface area (TPSA) is 53.1 Å². The number of aryl methyl sites for hydroxylation is 1. The second-order valence-electron chi connectivity index (χ2n) is 3.43. The molecule has 0 aliphatic carbocycles. The van der Waals surface area contributed by atoms with Crippen molar-refractivity contribution < 1.29 is 4.74 Å². The van der Waals surface area contributed by atoms with Crippen molar-refractivity contribution in [3.63, 3.8) is 0 Å². The molecule has 0 amide bonds. The van der Waals surface area contributed by atoms with E-state index in [-0.39, 0.29) is 0 Å². The highest BCUT2D eigenvalue weighted by atomic mass is 16.5. The number of aromatic nitrogens is 2. The summed E-state index contributed by atoms with van der Waals surface area (Å²) in [6, 6.07) is 0. The lowest BCUT2D eigenvalue weighted by atomic mass is 10.1. The van der Waals surface area contributed by atoms with E-state index in [1.54, 1.807) is 11.8 Å². The molecule has 1 heterocycles. The van der Waals surface area contributed by atoms with E-state index in [1.165, 1.54) is 5.56 Å². The number of nitrogen functional groups attached to an aromatic ring is 1. The number of ether oxygens (including phenoxy) is 1. The fourth-order valence-corrected chi connectivity index (χ4v) is 1.56. The Morgan fingerprint density at radius 1 is 1.43 bits per heavy atom. The molecule has 4 heteroatoms. The van der Waals surface area contributed by atoms with Gasteiger partial charge in [-0.3, -0.25) is 4.68 Å². The van der Waals surface area contributed by atoms with Crippen molar-refractivity contribution in [3.8, 4) is 0 Å². The van der Waals surface area contributed by atoms with Gasteiger partial charge in [0.15, 0.2) is 0 Å². The molecule has 0 atom stereocenters. The van der Waals surface area contributed by atoms with Gasteiger partial charge in [0.05, 0.1) is 12.3 Å². The zero-order chi connectivity index (χ0) is 10.6. The molecule has 4 nitrogen and oxygen atoms in total. The van der Waals surface area contributed by atoms with Crippen LogP contribution in [0.2, 0.25) is 0 Å². The second kappa shape index (κ2) is 5.00. The smallest absolute Gasteiger partial charge is 0.124 e. The van der Waals surface area contributed by atoms with E-state index >= 15 is 0 Å². The predicted octanol–water partition coefficient (Wildman–Crippen LogP) is 1.14. The van der Waals surface area contributed by atoms with Crippen LogP contribution in [-0.4, -0.2) is 23.5 Å². The normalized spacial score (nSPS) is 10.8. The first kappa shape index (κ1) is 11.0. The van der Waals surface area contributed by atoms with E-state index in [0.29, 0.717) is 6.61 Å². The first-order valence-corrected chi connectivity index (χ1v) is 4.99. The first-order valence-electron chi connectivity index (χ1n) is 4.99. The number of nitrogens with two attached hydrogens (primary N) is 1. The quantitative estimate of drug-likeness (QED) is 0.770. The van der Waals surface area contributed by atoms with Crippen molar-refractivity contribution in [2.75, 3.05) is 19.5 Å². The van der Waals surface area contributed by atoms with E-state index < -0.39 is 0 Å². The van der Waals surface area contributed by atoms with Gasteiger partial charge < -0.3 is 10.5 Å². The number of hydrogen-bond donors (Lipinski definition) is 1. The fourth-order valence-electron chi connectivity index (χ4n) is 1.56. The van der Waals surface area contributed by atoms with Gasteiger partial charge in [0.1, 0.15) is 5.82 Å². The molecule has 0 unspecified atom stereocenters. The summed E-state index contributed by atoms with van der Waals surface area (Å²) in [5.41, 5.74) is 8.19. The highest BCUT2D eigenvalue weighted by Crippen LogP contribution is 2.18. The van der Waals surface area contributed by atoms with Crippen molar-refractivity contribution in [2.24, 2.45) is 7.05 Å². The summed E-state index contributed by atoms with van der Waals surface area (Å²) in [4.78, 5) is 0. The van der Waals surface area contributed by atoms with Crippen LogP contribution in [-0.2, 0) is 24.6 Å². The number of methoxy groups -OCH3 is 1. The van der Waals surface area contributed by atoms with Crippen molar-refractivity contribution in [1.29, 1.82) is 0 Å². The molecule has 1 aromatic heterocycles. The number of anilines is 1. The van der Waals surface area contributed by atoms with Gasteiger partial charge in [-0.1, -0.05) is 13.3 Å². The average molecular weight is 197 g/mol. The van der Waals surface area contributed by atoms with Crippen LogP contribution >= 0.6 is 0 Å². The summed E-state index contributed by atoms with van der Waals surface area (Å²) >= 11 is 0. The maximum absolute atomic E-state index is 5.92. The minimum Gasteiger partial charge on any atom is -0.384 e. The third-order valence-corrected chi connectivity index (χ3v) is 2.32. The Balaban J connectivity index is 2.84. The molecule has 1 aromatic rings. The SMILES string of the molecule is CCCc1c(CCOC)nn(C)c1N. The van der Waals surface area contributed by atoms with E-state index in [0.717, 1.165) is 30.8 Å². The second-order valence-corrected chi connectivity index (χ2v) is 3.43. The Morgan fingerprint density at radius 3 is 2.71 bits per heavy atom. The van der Waals surface area contributed by atoms with E-state index in [9.17, 15) is 0 Å². The predicted molar refractivity (Wildman–Crippen MR) is 57.2 cm³/mol. The molecule has 0 saturated heterocycles. The summed E-state index contributed by atoms with van der Waals surface area (Å²) in [6.07, 6.45) is 2.94. The molecule has 0 bridgehead atoms. The monoisotopic (exact) mass is 197 g/mol. The van der Waals surface area contributed by atoms with Gasteiger partial charge >= 0.3 is 0 Å². The summed E-state index contributed by atoms with van der Waals surface area (Å²) in [5, 5.41) is 4.38. The third-order valence-electron chi connectivity index (χ3n) is 2.32. The third kappa shape index (κ3) is 2.26. The maximum atomic E-state index is 5.92. The van der Waals surface area contributed by atoms with Crippen LogP contribution in [0.3, 0.4) is 0 Å². The van der Waals surface area contributed by atoms with Crippen LogP contribution in [0.5, 0.6) is 0 Å². The van der Waals surface area contributed by atoms with Gasteiger partial charge in [0, 0.05) is 26.1 Å². The number of nitrogens with zero attached hydrogens (tertiary/aromatic N) is 2. The minimum absolute atomic E-state index is 0.702. The highest BCUT2D eigenvalue weighted by molar-refractivity contribution is 5.43. The van der Waals surface area contributed by atoms with Gasteiger partial charge in [0.25, 0.3) is 0 Å². The highest BCUT2D eigenvalue weighted by Gasteiger charge is 2.11. The van der Waals surface area contributed by atoms with Crippen LogP contribution < -0.4 is 5.73 Å². The Kier molecular flexibility index (Phi) is 3.95. The fraction of sp³-hybridized carbons (Fsp3) is 0.700. The van der Waals surface area contributed by atoms with Crippen LogP contribution in [0.1, 0.15) is 24.6 Å². The lowest BCUT2D eigenvalue weighted by Crippen LogP contribution is -1.99. The average Bonchev–Trinajstić information content (AvgIpc) is 2.43. The van der Waals surface area contributed by atoms with Crippen molar-refractivity contribution >= 4 is 5.82 Å². The Bertz CT molecular complexity index is 294. The van der Waals surface area contributed by atoms with Gasteiger partial charge in [-0.25, -0.2) is 0 Å². The maximum Gasteiger partial charge on any atom is 0.124 e. The van der Waals surface area contributed by atoms with E-state index in [4.69, 9.17) is 10.5 Å². The Morgan fingerprint density at radius 2 is 2.14 bits per heavy atom. The molecule has 0 aromatic carbocycles. The molecule has 0 saturated carbocycles. The molecule has 1 rings (SSSR count). The molecule has 2 N–H and O–H groups in total. The van der Waals surface area contributed by atoms with Gasteiger partial charge in [0.2, 0.25) is 0 Å². The molecule has 80 valence electrons. The van der Waals surface area contributed by atoms with E-state index in [2.05, 4.69) is 12.0 Å². The van der Waals surface area contributed by atoms with Crippen molar-refractivity contribution in [3.05, 3.63) is 11.3 Å². The molecular weight excluding hydrogens is 178 g/mol. The van der Waals surface area contributed by atoms with Crippen molar-refractivity contribution in [1.82, 2.24) is 9.78 Å². The largest absolute Gasteiger partial charge is 0.384 e. The summed E-state index contributed by atoms with van der Waals surface area (Å²) in [5.74, 6) is 0.790.